The molecule has 1 aliphatic rings. The van der Waals surface area contributed by atoms with Gasteiger partial charge in [-0.15, -0.1) is 4.74 Å². The van der Waals surface area contributed by atoms with E-state index in [0.717, 1.165) is 17.7 Å². The number of carbonyl (C=O) groups excluding carboxylic acids is 1. The maximum atomic E-state index is 11.9. The van der Waals surface area contributed by atoms with E-state index in [1.54, 1.807) is 6.92 Å². The van der Waals surface area contributed by atoms with E-state index in [0.29, 0.717) is 11.7 Å². The summed E-state index contributed by atoms with van der Waals surface area (Å²) in [5, 5.41) is 9.30. The van der Waals surface area contributed by atoms with Crippen LogP contribution in [0, 0.1) is 12.8 Å². The van der Waals surface area contributed by atoms with Crippen LogP contribution in [0.25, 0.3) is 0 Å². The standard InChI is InChI=1S/C12H18N2O4/c1-8-3-4-13(10(8)7-15)6-12(17)14-11(16)5-9(2)18-14/h5,8,10,15H,3-4,6-7H2,1-2H3. The highest BCUT2D eigenvalue weighted by atomic mass is 16.5. The van der Waals surface area contributed by atoms with Crippen molar-refractivity contribution < 1.29 is 14.4 Å². The van der Waals surface area contributed by atoms with Crippen LogP contribution in [0.4, 0.5) is 0 Å². The van der Waals surface area contributed by atoms with Crippen LogP contribution in [0.5, 0.6) is 0 Å². The number of hydrogen-bond acceptors (Lipinski definition) is 5. The first-order valence-electron chi connectivity index (χ1n) is 6.11. The lowest BCUT2D eigenvalue weighted by molar-refractivity contribution is 0.0661. The molecule has 2 rings (SSSR count). The first kappa shape index (κ1) is 13.0. The number of aryl methyl sites for hydroxylation is 1. The topological polar surface area (TPSA) is 75.7 Å². The second kappa shape index (κ2) is 5.07. The number of aliphatic hydroxyl groups excluding tert-OH is 1. The minimum Gasteiger partial charge on any atom is -0.395 e. The van der Waals surface area contributed by atoms with Crippen molar-refractivity contribution in [1.82, 2.24) is 9.64 Å². The number of nitrogens with zero attached hydrogens (tertiary/aromatic N) is 2. The van der Waals surface area contributed by atoms with E-state index >= 15 is 0 Å². The molecular formula is C12H18N2O4. The van der Waals surface area contributed by atoms with Gasteiger partial charge in [0.2, 0.25) is 0 Å². The Morgan fingerprint density at radius 3 is 2.89 bits per heavy atom. The average molecular weight is 254 g/mol. The van der Waals surface area contributed by atoms with Crippen molar-refractivity contribution in [3.05, 3.63) is 22.2 Å². The predicted octanol–water partition coefficient (Wildman–Crippen LogP) is 0.0926. The highest BCUT2D eigenvalue weighted by molar-refractivity contribution is 5.79. The molecule has 6 nitrogen and oxygen atoms in total. The second-order valence-corrected chi connectivity index (χ2v) is 4.86. The summed E-state index contributed by atoms with van der Waals surface area (Å²) < 4.78 is 5.83. The Balaban J connectivity index is 2.08. The number of rotatable bonds is 3. The van der Waals surface area contributed by atoms with Crippen LogP contribution in [-0.4, -0.2) is 46.4 Å². The zero-order chi connectivity index (χ0) is 13.3. The maximum absolute atomic E-state index is 11.9. The predicted molar refractivity (Wildman–Crippen MR) is 64.6 cm³/mol. The lowest BCUT2D eigenvalue weighted by Gasteiger charge is -2.23. The molecule has 1 aromatic rings. The molecule has 0 amide bonds. The van der Waals surface area contributed by atoms with Gasteiger partial charge < -0.3 is 9.63 Å². The molecule has 1 fully saturated rings. The van der Waals surface area contributed by atoms with Gasteiger partial charge in [0.25, 0.3) is 11.5 Å². The van der Waals surface area contributed by atoms with E-state index in [4.69, 9.17) is 4.52 Å². The molecule has 100 valence electrons. The molecule has 0 saturated carbocycles. The Bertz CT molecular complexity index is 491. The van der Waals surface area contributed by atoms with Gasteiger partial charge in [-0.25, -0.2) is 0 Å². The van der Waals surface area contributed by atoms with Gasteiger partial charge in [0.15, 0.2) is 0 Å². The molecule has 0 spiro atoms. The lowest BCUT2D eigenvalue weighted by atomic mass is 10.0. The lowest BCUT2D eigenvalue weighted by Crippen LogP contribution is -2.41. The average Bonchev–Trinajstić information content (AvgIpc) is 2.82. The van der Waals surface area contributed by atoms with E-state index in [-0.39, 0.29) is 25.1 Å². The van der Waals surface area contributed by atoms with Crippen molar-refractivity contribution in [1.29, 1.82) is 0 Å². The monoisotopic (exact) mass is 254 g/mol. The summed E-state index contributed by atoms with van der Waals surface area (Å²) in [7, 11) is 0. The van der Waals surface area contributed by atoms with Crippen molar-refractivity contribution in [3.63, 3.8) is 0 Å². The van der Waals surface area contributed by atoms with Gasteiger partial charge in [-0.1, -0.05) is 6.92 Å². The zero-order valence-electron chi connectivity index (χ0n) is 10.6. The minimum absolute atomic E-state index is 0.0132. The molecule has 18 heavy (non-hydrogen) atoms. The van der Waals surface area contributed by atoms with Crippen molar-refractivity contribution in [2.45, 2.75) is 26.3 Å². The Morgan fingerprint density at radius 1 is 1.61 bits per heavy atom. The van der Waals surface area contributed by atoms with Crippen LogP contribution in [0.1, 0.15) is 23.9 Å². The molecule has 0 radical (unpaired) electrons. The summed E-state index contributed by atoms with van der Waals surface area (Å²) in [5.41, 5.74) is -0.440. The minimum atomic E-state index is -0.440. The van der Waals surface area contributed by atoms with Gasteiger partial charge in [0.05, 0.1) is 13.2 Å². The fourth-order valence-electron chi connectivity index (χ4n) is 2.44. The van der Waals surface area contributed by atoms with Crippen LogP contribution >= 0.6 is 0 Å². The highest BCUT2D eigenvalue weighted by Gasteiger charge is 2.32. The molecule has 1 saturated heterocycles. The maximum Gasteiger partial charge on any atom is 0.290 e. The molecule has 2 unspecified atom stereocenters. The summed E-state index contributed by atoms with van der Waals surface area (Å²) in [6.45, 7) is 4.56. The molecule has 1 aromatic heterocycles. The summed E-state index contributed by atoms with van der Waals surface area (Å²) in [5.74, 6) is 0.389. The quantitative estimate of drug-likeness (QED) is 0.827. The van der Waals surface area contributed by atoms with Crippen molar-refractivity contribution >= 4 is 5.91 Å². The molecule has 6 heteroatoms. The summed E-state index contributed by atoms with van der Waals surface area (Å²) in [6.07, 6.45) is 0.949. The smallest absolute Gasteiger partial charge is 0.290 e. The van der Waals surface area contributed by atoms with Crippen LogP contribution < -0.4 is 5.56 Å². The first-order chi connectivity index (χ1) is 8.52. The molecule has 1 aliphatic heterocycles. The van der Waals surface area contributed by atoms with Crippen molar-refractivity contribution in [2.75, 3.05) is 19.7 Å². The van der Waals surface area contributed by atoms with Crippen LogP contribution in [-0.2, 0) is 0 Å². The van der Waals surface area contributed by atoms with Gasteiger partial charge in [-0.05, 0) is 25.8 Å². The Kier molecular flexibility index (Phi) is 3.68. The third-order valence-corrected chi connectivity index (χ3v) is 3.51. The largest absolute Gasteiger partial charge is 0.395 e. The SMILES string of the molecule is Cc1cc(=O)n(C(=O)CN2CCC(C)C2CO)o1. The van der Waals surface area contributed by atoms with E-state index in [2.05, 4.69) is 6.92 Å². The van der Waals surface area contributed by atoms with Gasteiger partial charge in [-0.2, -0.15) is 0 Å². The molecule has 0 bridgehead atoms. The van der Waals surface area contributed by atoms with Gasteiger partial charge in [0, 0.05) is 12.1 Å². The van der Waals surface area contributed by atoms with Crippen LogP contribution in [0.3, 0.4) is 0 Å². The Labute approximate surface area is 105 Å². The third-order valence-electron chi connectivity index (χ3n) is 3.51. The molecule has 0 aromatic carbocycles. The Hall–Kier alpha value is -1.40. The third kappa shape index (κ3) is 2.39. The van der Waals surface area contributed by atoms with Crippen LogP contribution in [0.15, 0.2) is 15.4 Å². The fourth-order valence-corrected chi connectivity index (χ4v) is 2.44. The van der Waals surface area contributed by atoms with Crippen molar-refractivity contribution in [3.8, 4) is 0 Å². The number of carbonyl (C=O) groups is 1. The van der Waals surface area contributed by atoms with Crippen LogP contribution in [0.2, 0.25) is 0 Å². The van der Waals surface area contributed by atoms with Gasteiger partial charge >= 0.3 is 0 Å². The highest BCUT2D eigenvalue weighted by Crippen LogP contribution is 2.22. The molecule has 2 heterocycles. The molecule has 0 aliphatic carbocycles. The first-order valence-corrected chi connectivity index (χ1v) is 6.11. The fraction of sp³-hybridized carbons (Fsp3) is 0.667. The van der Waals surface area contributed by atoms with E-state index in [1.165, 1.54) is 6.07 Å². The van der Waals surface area contributed by atoms with E-state index in [1.807, 2.05) is 4.90 Å². The van der Waals surface area contributed by atoms with E-state index < -0.39 is 5.56 Å². The Morgan fingerprint density at radius 2 is 2.33 bits per heavy atom. The van der Waals surface area contributed by atoms with Gasteiger partial charge in [0.1, 0.15) is 5.76 Å². The number of aromatic nitrogens is 1. The second-order valence-electron chi connectivity index (χ2n) is 4.86. The number of hydrogen-bond donors (Lipinski definition) is 1. The summed E-state index contributed by atoms with van der Waals surface area (Å²) >= 11 is 0. The van der Waals surface area contributed by atoms with E-state index in [9.17, 15) is 14.7 Å². The number of aliphatic hydroxyl groups is 1. The molecular weight excluding hydrogens is 236 g/mol. The molecule has 1 N–H and O–H groups in total. The summed E-state index contributed by atoms with van der Waals surface area (Å²) in [6, 6.07) is 1.27. The molecule has 2 atom stereocenters. The number of likely N-dealkylation sites (tertiary alicyclic amines) is 1. The normalized spacial score (nSPS) is 24.6. The summed E-state index contributed by atoms with van der Waals surface area (Å²) in [4.78, 5) is 25.3. The van der Waals surface area contributed by atoms with Crippen molar-refractivity contribution in [2.24, 2.45) is 5.92 Å². The zero-order valence-corrected chi connectivity index (χ0v) is 10.6. The van der Waals surface area contributed by atoms with Gasteiger partial charge in [-0.3, -0.25) is 14.5 Å².